The van der Waals surface area contributed by atoms with Crippen molar-refractivity contribution in [1.29, 1.82) is 0 Å². The number of fused-ring (bicyclic) bond motifs is 1. The largest absolute Gasteiger partial charge is 0.487 e. The third-order valence-electron chi connectivity index (χ3n) is 3.75. The van der Waals surface area contributed by atoms with Crippen LogP contribution in [0.25, 0.3) is 0 Å². The van der Waals surface area contributed by atoms with Crippen molar-refractivity contribution in [1.82, 2.24) is 0 Å². The van der Waals surface area contributed by atoms with E-state index in [4.69, 9.17) is 10.5 Å². The fourth-order valence-electron chi connectivity index (χ4n) is 2.99. The van der Waals surface area contributed by atoms with Gasteiger partial charge in [-0.05, 0) is 31.7 Å². The molecule has 2 aliphatic rings. The number of hydrogen-bond donors (Lipinski definition) is 1. The Labute approximate surface area is 90.4 Å². The Kier molecular flexibility index (Phi) is 1.99. The van der Waals surface area contributed by atoms with Crippen LogP contribution in [0, 0.1) is 0 Å². The minimum atomic E-state index is 0.0633. The van der Waals surface area contributed by atoms with Crippen LogP contribution in [-0.2, 0) is 0 Å². The highest BCUT2D eigenvalue weighted by atomic mass is 16.5. The predicted molar refractivity (Wildman–Crippen MR) is 59.8 cm³/mol. The van der Waals surface area contributed by atoms with E-state index in [1.165, 1.54) is 31.2 Å². The molecule has 1 heterocycles. The summed E-state index contributed by atoms with van der Waals surface area (Å²) < 4.78 is 6.17. The third-order valence-corrected chi connectivity index (χ3v) is 3.75. The Morgan fingerprint density at radius 1 is 1.20 bits per heavy atom. The van der Waals surface area contributed by atoms with Gasteiger partial charge in [0, 0.05) is 18.0 Å². The van der Waals surface area contributed by atoms with Crippen LogP contribution in [-0.4, -0.2) is 5.60 Å². The Morgan fingerprint density at radius 3 is 2.73 bits per heavy atom. The highest BCUT2D eigenvalue weighted by Gasteiger charge is 2.41. The molecular weight excluding hydrogens is 186 g/mol. The zero-order chi connectivity index (χ0) is 10.3. The molecular formula is C13H17NO. The van der Waals surface area contributed by atoms with Crippen molar-refractivity contribution in [2.24, 2.45) is 5.73 Å². The van der Waals surface area contributed by atoms with Crippen LogP contribution in [0.15, 0.2) is 24.3 Å². The first kappa shape index (κ1) is 9.22. The molecule has 1 unspecified atom stereocenters. The monoisotopic (exact) mass is 203 g/mol. The molecule has 0 amide bonds. The van der Waals surface area contributed by atoms with E-state index in [1.807, 2.05) is 12.1 Å². The maximum absolute atomic E-state index is 6.22. The normalized spacial score (nSPS) is 27.4. The third kappa shape index (κ3) is 1.44. The number of para-hydroxylation sites is 1. The van der Waals surface area contributed by atoms with E-state index in [1.54, 1.807) is 0 Å². The topological polar surface area (TPSA) is 35.2 Å². The van der Waals surface area contributed by atoms with Crippen LogP contribution in [0.5, 0.6) is 5.75 Å². The summed E-state index contributed by atoms with van der Waals surface area (Å²) in [5.41, 5.74) is 7.46. The standard InChI is InChI=1S/C13H17NO/c14-11-9-13(7-3-4-8-13)15-12-6-2-1-5-10(11)12/h1-2,5-6,11H,3-4,7-9,14H2. The van der Waals surface area contributed by atoms with E-state index in [9.17, 15) is 0 Å². The molecule has 0 aromatic heterocycles. The summed E-state index contributed by atoms with van der Waals surface area (Å²) in [6.07, 6.45) is 5.91. The second kappa shape index (κ2) is 3.24. The fraction of sp³-hybridized carbons (Fsp3) is 0.538. The lowest BCUT2D eigenvalue weighted by Gasteiger charge is -2.38. The molecule has 0 radical (unpaired) electrons. The number of rotatable bonds is 0. The fourth-order valence-corrected chi connectivity index (χ4v) is 2.99. The molecule has 1 fully saturated rings. The molecule has 1 aliphatic heterocycles. The van der Waals surface area contributed by atoms with Gasteiger partial charge in [-0.2, -0.15) is 0 Å². The summed E-state index contributed by atoms with van der Waals surface area (Å²) in [6.45, 7) is 0. The molecule has 1 aliphatic carbocycles. The van der Waals surface area contributed by atoms with Crippen LogP contribution >= 0.6 is 0 Å². The lowest BCUT2D eigenvalue weighted by Crippen LogP contribution is -2.40. The summed E-state index contributed by atoms with van der Waals surface area (Å²) in [5.74, 6) is 1.01. The second-order valence-corrected chi connectivity index (χ2v) is 4.84. The highest BCUT2D eigenvalue weighted by Crippen LogP contribution is 2.45. The summed E-state index contributed by atoms with van der Waals surface area (Å²) in [6, 6.07) is 8.36. The predicted octanol–water partition coefficient (Wildman–Crippen LogP) is 2.78. The lowest BCUT2D eigenvalue weighted by atomic mass is 9.86. The van der Waals surface area contributed by atoms with Crippen molar-refractivity contribution in [3.05, 3.63) is 29.8 Å². The maximum atomic E-state index is 6.22. The summed E-state index contributed by atoms with van der Waals surface area (Å²) >= 11 is 0. The minimum Gasteiger partial charge on any atom is -0.487 e. The second-order valence-electron chi connectivity index (χ2n) is 4.84. The van der Waals surface area contributed by atoms with Crippen LogP contribution < -0.4 is 10.5 Å². The van der Waals surface area contributed by atoms with Gasteiger partial charge in [0.2, 0.25) is 0 Å². The maximum Gasteiger partial charge on any atom is 0.124 e. The van der Waals surface area contributed by atoms with Gasteiger partial charge in [0.05, 0.1) is 0 Å². The first-order valence-corrected chi connectivity index (χ1v) is 5.83. The zero-order valence-corrected chi connectivity index (χ0v) is 8.91. The van der Waals surface area contributed by atoms with Crippen molar-refractivity contribution in [3.63, 3.8) is 0 Å². The van der Waals surface area contributed by atoms with Gasteiger partial charge in [-0.3, -0.25) is 0 Å². The molecule has 2 heteroatoms. The highest BCUT2D eigenvalue weighted by molar-refractivity contribution is 5.38. The molecule has 1 atom stereocenters. The number of ether oxygens (including phenoxy) is 1. The van der Waals surface area contributed by atoms with Crippen molar-refractivity contribution < 1.29 is 4.74 Å². The number of nitrogens with two attached hydrogens (primary N) is 1. The Hall–Kier alpha value is -1.02. The van der Waals surface area contributed by atoms with Crippen molar-refractivity contribution in [2.75, 3.05) is 0 Å². The van der Waals surface area contributed by atoms with Gasteiger partial charge in [-0.25, -0.2) is 0 Å². The van der Waals surface area contributed by atoms with Gasteiger partial charge in [0.1, 0.15) is 11.4 Å². The summed E-state index contributed by atoms with van der Waals surface area (Å²) in [5, 5.41) is 0. The van der Waals surface area contributed by atoms with Gasteiger partial charge < -0.3 is 10.5 Å². The van der Waals surface area contributed by atoms with Gasteiger partial charge in [0.15, 0.2) is 0 Å². The number of benzene rings is 1. The quantitative estimate of drug-likeness (QED) is 0.703. The zero-order valence-electron chi connectivity index (χ0n) is 8.91. The Balaban J connectivity index is 1.98. The van der Waals surface area contributed by atoms with Gasteiger partial charge in [0.25, 0.3) is 0 Å². The van der Waals surface area contributed by atoms with Gasteiger partial charge >= 0.3 is 0 Å². The average molecular weight is 203 g/mol. The van der Waals surface area contributed by atoms with E-state index >= 15 is 0 Å². The van der Waals surface area contributed by atoms with Crippen molar-refractivity contribution >= 4 is 0 Å². The van der Waals surface area contributed by atoms with Crippen LogP contribution in [0.1, 0.15) is 43.7 Å². The first-order chi connectivity index (χ1) is 7.29. The molecule has 2 nitrogen and oxygen atoms in total. The van der Waals surface area contributed by atoms with E-state index in [0.29, 0.717) is 0 Å². The summed E-state index contributed by atoms with van der Waals surface area (Å²) in [7, 11) is 0. The molecule has 15 heavy (non-hydrogen) atoms. The number of hydrogen-bond acceptors (Lipinski definition) is 2. The molecule has 80 valence electrons. The van der Waals surface area contributed by atoms with Crippen LogP contribution in [0.2, 0.25) is 0 Å². The SMILES string of the molecule is NC1CC2(CCCC2)Oc2ccccc21. The van der Waals surface area contributed by atoms with Gasteiger partial charge in [-0.15, -0.1) is 0 Å². The summed E-state index contributed by atoms with van der Waals surface area (Å²) in [4.78, 5) is 0. The average Bonchev–Trinajstić information content (AvgIpc) is 2.66. The van der Waals surface area contributed by atoms with Crippen molar-refractivity contribution in [2.45, 2.75) is 43.7 Å². The Morgan fingerprint density at radius 2 is 1.93 bits per heavy atom. The molecule has 3 rings (SSSR count). The van der Waals surface area contributed by atoms with E-state index < -0.39 is 0 Å². The van der Waals surface area contributed by atoms with Gasteiger partial charge in [-0.1, -0.05) is 18.2 Å². The molecule has 1 aromatic carbocycles. The molecule has 0 saturated heterocycles. The Bertz CT molecular complexity index is 369. The van der Waals surface area contributed by atoms with E-state index in [2.05, 4.69) is 12.1 Å². The lowest BCUT2D eigenvalue weighted by molar-refractivity contribution is 0.0426. The minimum absolute atomic E-state index is 0.0633. The van der Waals surface area contributed by atoms with E-state index in [0.717, 1.165) is 12.2 Å². The van der Waals surface area contributed by atoms with E-state index in [-0.39, 0.29) is 11.6 Å². The molecule has 1 saturated carbocycles. The first-order valence-electron chi connectivity index (χ1n) is 5.83. The smallest absolute Gasteiger partial charge is 0.124 e. The molecule has 1 aromatic rings. The molecule has 0 bridgehead atoms. The van der Waals surface area contributed by atoms with Crippen LogP contribution in [0.3, 0.4) is 0 Å². The van der Waals surface area contributed by atoms with Crippen molar-refractivity contribution in [3.8, 4) is 5.75 Å². The van der Waals surface area contributed by atoms with Crippen LogP contribution in [0.4, 0.5) is 0 Å². The molecule has 1 spiro atoms. The molecule has 2 N–H and O–H groups in total.